The number of amides is 4. The number of hydrogen-bond donors (Lipinski definition) is 1. The number of likely N-dealkylation sites (tertiary alicyclic amines) is 1. The number of aromatic nitrogens is 2. The molecule has 2 aliphatic heterocycles. The number of aliphatic hydroxyl groups excluding tert-OH is 1. The van der Waals surface area contributed by atoms with E-state index in [4.69, 9.17) is 21.1 Å². The number of imide groups is 2. The van der Waals surface area contributed by atoms with Crippen LogP contribution in [0.25, 0.3) is 20.7 Å². The number of benzene rings is 1. The summed E-state index contributed by atoms with van der Waals surface area (Å²) in [6.45, 7) is 9.05. The zero-order chi connectivity index (χ0) is 34.9. The van der Waals surface area contributed by atoms with Gasteiger partial charge in [-0.3, -0.25) is 28.8 Å². The SMILES string of the molecule is Cc1c(-c2cc(N3C(=O)C4CC5C(=CCC6C(=O)N(C(C)(C)C)C(=O)C65)C(c5ccc(CO)o5)C4(C)C3=O)n(C)n2)sc2ccc(Cl)cc12. The smallest absolute Gasteiger partial charge is 0.242 e. The molecular weight excluding hydrogens is 664 g/mol. The fourth-order valence-electron chi connectivity index (χ4n) is 9.05. The van der Waals surface area contributed by atoms with E-state index >= 15 is 0 Å². The third-order valence-electron chi connectivity index (χ3n) is 11.3. The molecule has 4 aliphatic rings. The maximum atomic E-state index is 14.9. The molecule has 1 aromatic carbocycles. The van der Waals surface area contributed by atoms with Crippen LogP contribution in [-0.2, 0) is 32.8 Å². The van der Waals surface area contributed by atoms with E-state index in [-0.39, 0.29) is 36.7 Å². The second-order valence-corrected chi connectivity index (χ2v) is 16.5. The van der Waals surface area contributed by atoms with Crippen molar-refractivity contribution in [3.05, 3.63) is 70.2 Å². The van der Waals surface area contributed by atoms with E-state index in [0.29, 0.717) is 34.5 Å². The van der Waals surface area contributed by atoms with Gasteiger partial charge < -0.3 is 9.52 Å². The Kier molecular flexibility index (Phi) is 7.04. The first kappa shape index (κ1) is 32.2. The molecule has 6 unspecified atom stereocenters. The third-order valence-corrected chi connectivity index (χ3v) is 12.8. The number of allylic oxidation sites excluding steroid dienone is 2. The Morgan fingerprint density at radius 3 is 2.51 bits per heavy atom. The van der Waals surface area contributed by atoms with E-state index in [1.807, 2.05) is 58.9 Å². The molecule has 49 heavy (non-hydrogen) atoms. The number of halogens is 1. The molecule has 8 rings (SSSR count). The molecule has 0 spiro atoms. The molecule has 3 fully saturated rings. The van der Waals surface area contributed by atoms with Crippen LogP contribution >= 0.6 is 22.9 Å². The van der Waals surface area contributed by atoms with Gasteiger partial charge in [-0.25, -0.2) is 4.90 Å². The predicted octanol–water partition coefficient (Wildman–Crippen LogP) is 6.38. The van der Waals surface area contributed by atoms with Gasteiger partial charge >= 0.3 is 0 Å². The minimum Gasteiger partial charge on any atom is -0.463 e. The Balaban J connectivity index is 1.24. The number of fused-ring (bicyclic) bond motifs is 5. The van der Waals surface area contributed by atoms with Gasteiger partial charge in [0.25, 0.3) is 0 Å². The van der Waals surface area contributed by atoms with E-state index in [0.717, 1.165) is 26.1 Å². The number of thiophene rings is 1. The lowest BCUT2D eigenvalue weighted by Gasteiger charge is -2.48. The van der Waals surface area contributed by atoms with Crippen molar-refractivity contribution in [1.29, 1.82) is 0 Å². The monoisotopic (exact) mass is 700 g/mol. The van der Waals surface area contributed by atoms with Crippen molar-refractivity contribution >= 4 is 62.5 Å². The van der Waals surface area contributed by atoms with Crippen molar-refractivity contribution in [1.82, 2.24) is 14.7 Å². The summed E-state index contributed by atoms with van der Waals surface area (Å²) in [6, 6.07) is 10.9. The fourth-order valence-corrected chi connectivity index (χ4v) is 10.4. The number of furan rings is 1. The Morgan fingerprint density at radius 2 is 1.82 bits per heavy atom. The van der Waals surface area contributed by atoms with E-state index in [1.54, 1.807) is 41.3 Å². The van der Waals surface area contributed by atoms with Crippen molar-refractivity contribution in [2.24, 2.45) is 36.1 Å². The predicted molar refractivity (Wildman–Crippen MR) is 185 cm³/mol. The number of aryl methyl sites for hydroxylation is 2. The van der Waals surface area contributed by atoms with Gasteiger partial charge in [0.1, 0.15) is 29.6 Å². The van der Waals surface area contributed by atoms with Crippen LogP contribution in [0.2, 0.25) is 5.02 Å². The average molecular weight is 701 g/mol. The highest BCUT2D eigenvalue weighted by Crippen LogP contribution is 2.64. The van der Waals surface area contributed by atoms with Gasteiger partial charge in [0.05, 0.1) is 34.0 Å². The number of nitrogens with zero attached hydrogens (tertiary/aromatic N) is 4. The van der Waals surface area contributed by atoms with Crippen molar-refractivity contribution in [3.8, 4) is 10.6 Å². The van der Waals surface area contributed by atoms with Gasteiger partial charge in [0, 0.05) is 28.4 Å². The quantitative estimate of drug-likeness (QED) is 0.194. The third kappa shape index (κ3) is 4.37. The average Bonchev–Trinajstić information content (AvgIpc) is 3.83. The van der Waals surface area contributed by atoms with Crippen molar-refractivity contribution < 1.29 is 28.7 Å². The number of hydrogen-bond acceptors (Lipinski definition) is 8. The van der Waals surface area contributed by atoms with E-state index in [2.05, 4.69) is 0 Å². The second kappa shape index (κ2) is 10.7. The summed E-state index contributed by atoms with van der Waals surface area (Å²) in [7, 11) is 1.72. The highest BCUT2D eigenvalue weighted by atomic mass is 35.5. The van der Waals surface area contributed by atoms with Crippen LogP contribution in [0.5, 0.6) is 0 Å². The van der Waals surface area contributed by atoms with Gasteiger partial charge in [-0.05, 0) is 94.7 Å². The van der Waals surface area contributed by atoms with Crippen LogP contribution in [0.15, 0.2) is 52.5 Å². The molecule has 5 heterocycles. The van der Waals surface area contributed by atoms with Crippen LogP contribution in [0.4, 0.5) is 5.82 Å². The lowest BCUT2D eigenvalue weighted by atomic mass is 9.52. The largest absolute Gasteiger partial charge is 0.463 e. The second-order valence-electron chi connectivity index (χ2n) is 15.0. The fraction of sp³-hybridized carbons (Fsp3) is 0.432. The van der Waals surface area contributed by atoms with Gasteiger partial charge in [-0.2, -0.15) is 5.10 Å². The maximum absolute atomic E-state index is 14.9. The highest BCUT2D eigenvalue weighted by Gasteiger charge is 2.69. The summed E-state index contributed by atoms with van der Waals surface area (Å²) in [5.74, 6) is -3.15. The molecule has 10 nitrogen and oxygen atoms in total. The molecule has 4 amide bonds. The molecule has 0 radical (unpaired) electrons. The summed E-state index contributed by atoms with van der Waals surface area (Å²) < 4.78 is 8.75. The first-order chi connectivity index (χ1) is 23.2. The summed E-state index contributed by atoms with van der Waals surface area (Å²) in [6.07, 6.45) is 2.59. The molecule has 3 aromatic heterocycles. The molecule has 254 valence electrons. The van der Waals surface area contributed by atoms with Crippen molar-refractivity contribution in [3.63, 3.8) is 0 Å². The number of rotatable bonds is 4. The number of carbonyl (C=O) groups excluding carboxylic acids is 4. The maximum Gasteiger partial charge on any atom is 0.242 e. The molecule has 4 aromatic rings. The van der Waals surface area contributed by atoms with Gasteiger partial charge in [0.15, 0.2) is 0 Å². The number of carbonyl (C=O) groups is 4. The number of anilines is 1. The zero-order valence-electron chi connectivity index (χ0n) is 28.1. The first-order valence-electron chi connectivity index (χ1n) is 16.6. The van der Waals surface area contributed by atoms with Crippen molar-refractivity contribution in [2.45, 2.75) is 65.5 Å². The molecule has 1 saturated carbocycles. The molecule has 0 bridgehead atoms. The summed E-state index contributed by atoms with van der Waals surface area (Å²) in [5.41, 5.74) is 0.525. The minimum atomic E-state index is -1.26. The normalized spacial score (nSPS) is 28.4. The molecule has 1 N–H and O–H groups in total. The van der Waals surface area contributed by atoms with E-state index in [1.165, 1.54) is 9.80 Å². The Bertz CT molecular complexity index is 2150. The van der Waals surface area contributed by atoms with Crippen LogP contribution < -0.4 is 4.90 Å². The Hall–Kier alpha value is -4.06. The van der Waals surface area contributed by atoms with Gasteiger partial charge in [0.2, 0.25) is 23.6 Å². The topological polar surface area (TPSA) is 126 Å². The molecule has 12 heteroatoms. The van der Waals surface area contributed by atoms with Crippen LogP contribution in [-0.4, -0.2) is 49.0 Å². The van der Waals surface area contributed by atoms with Crippen LogP contribution in [0.3, 0.4) is 0 Å². The lowest BCUT2D eigenvalue weighted by Crippen LogP contribution is -2.49. The summed E-state index contributed by atoms with van der Waals surface area (Å²) in [4.78, 5) is 60.8. The molecular formula is C37H37ClN4O6S. The zero-order valence-corrected chi connectivity index (χ0v) is 29.7. The Morgan fingerprint density at radius 1 is 1.06 bits per heavy atom. The Labute approximate surface area is 292 Å². The molecule has 2 aliphatic carbocycles. The van der Waals surface area contributed by atoms with Gasteiger partial charge in [-0.15, -0.1) is 11.3 Å². The van der Waals surface area contributed by atoms with Crippen molar-refractivity contribution in [2.75, 3.05) is 4.90 Å². The lowest BCUT2D eigenvalue weighted by molar-refractivity contribution is -0.145. The van der Waals surface area contributed by atoms with E-state index < -0.39 is 40.5 Å². The van der Waals surface area contributed by atoms with Crippen LogP contribution in [0, 0.1) is 36.0 Å². The summed E-state index contributed by atoms with van der Waals surface area (Å²) in [5, 5.41) is 16.3. The summed E-state index contributed by atoms with van der Waals surface area (Å²) >= 11 is 7.86. The minimum absolute atomic E-state index is 0.195. The molecule has 6 atom stereocenters. The molecule has 2 saturated heterocycles. The highest BCUT2D eigenvalue weighted by molar-refractivity contribution is 7.22. The first-order valence-corrected chi connectivity index (χ1v) is 17.7. The van der Waals surface area contributed by atoms with E-state index in [9.17, 15) is 24.3 Å². The van der Waals surface area contributed by atoms with Crippen LogP contribution in [0.1, 0.15) is 63.5 Å². The van der Waals surface area contributed by atoms with Gasteiger partial charge in [-0.1, -0.05) is 23.3 Å². The number of aliphatic hydroxyl groups is 1. The standard InChI is InChI=1S/C37H37ClN4O6S/c1-17-22-13-18(38)7-12-27(22)49-31(17)25-15-28(40(6)39-25)41-33(45)24-14-23-20(9-10-21-29(23)34(46)42(32(21)44)36(2,3)4)30(37(24,5)35(41)47)26-11-8-19(16-43)48-26/h7-9,11-13,15,21,23-24,29-30,43H,10,14,16H2,1-6H3.